The Bertz CT molecular complexity index is 1820. The van der Waals surface area contributed by atoms with Gasteiger partial charge in [0.2, 0.25) is 5.43 Å². The van der Waals surface area contributed by atoms with E-state index in [4.69, 9.17) is 25.2 Å². The summed E-state index contributed by atoms with van der Waals surface area (Å²) in [6.45, 7) is 1.14. The molecule has 1 N–H and O–H groups in total. The van der Waals surface area contributed by atoms with E-state index in [1.807, 2.05) is 36.4 Å². The SMILES string of the molecule is Cc1[nH]c(COP(=O)(OCc2ccccc2)OCc2ccccc2)c(-c2ccc(-c3ccc(OC(F)(F)F)cc3)nc2)c(=O)c1Cl. The molecular formula is C33H27ClF3N2O6P. The highest BCUT2D eigenvalue weighted by Gasteiger charge is 2.31. The number of hydrogen-bond acceptors (Lipinski definition) is 7. The van der Waals surface area contributed by atoms with E-state index in [1.165, 1.54) is 30.5 Å². The van der Waals surface area contributed by atoms with Gasteiger partial charge in [0.1, 0.15) is 10.8 Å². The van der Waals surface area contributed by atoms with Gasteiger partial charge >= 0.3 is 14.2 Å². The van der Waals surface area contributed by atoms with Crippen molar-refractivity contribution in [1.29, 1.82) is 0 Å². The summed E-state index contributed by atoms with van der Waals surface area (Å²) in [5, 5.41) is -0.0492. The van der Waals surface area contributed by atoms with Crippen LogP contribution in [0.25, 0.3) is 22.4 Å². The summed E-state index contributed by atoms with van der Waals surface area (Å²) >= 11 is 6.32. The Kier molecular flexibility index (Phi) is 10.4. The average Bonchev–Trinajstić information content (AvgIpc) is 3.05. The third kappa shape index (κ3) is 8.72. The number of halogens is 4. The number of aromatic nitrogens is 2. The van der Waals surface area contributed by atoms with Gasteiger partial charge in [0, 0.05) is 23.0 Å². The van der Waals surface area contributed by atoms with Crippen molar-refractivity contribution in [3.05, 3.63) is 141 Å². The fourth-order valence-corrected chi connectivity index (χ4v) is 5.69. The molecule has 238 valence electrons. The quantitative estimate of drug-likeness (QED) is 0.132. The van der Waals surface area contributed by atoms with Crippen LogP contribution >= 0.6 is 19.4 Å². The van der Waals surface area contributed by atoms with Crippen molar-refractivity contribution >= 4 is 19.4 Å². The second kappa shape index (κ2) is 14.5. The first kappa shape index (κ1) is 33.1. The lowest BCUT2D eigenvalue weighted by Crippen LogP contribution is -2.16. The smallest absolute Gasteiger partial charge is 0.406 e. The predicted octanol–water partition coefficient (Wildman–Crippen LogP) is 9.02. The summed E-state index contributed by atoms with van der Waals surface area (Å²) in [4.78, 5) is 20.8. The molecule has 2 heterocycles. The van der Waals surface area contributed by atoms with Gasteiger partial charge < -0.3 is 9.72 Å². The van der Waals surface area contributed by atoms with E-state index in [2.05, 4.69) is 14.7 Å². The fraction of sp³-hybridized carbons (Fsp3) is 0.152. The molecule has 46 heavy (non-hydrogen) atoms. The number of nitrogens with zero attached hydrogens (tertiary/aromatic N) is 1. The van der Waals surface area contributed by atoms with Crippen molar-refractivity contribution in [1.82, 2.24) is 9.97 Å². The highest BCUT2D eigenvalue weighted by atomic mass is 35.5. The summed E-state index contributed by atoms with van der Waals surface area (Å²) in [6, 6.07) is 26.6. The molecule has 8 nitrogen and oxygen atoms in total. The Morgan fingerprint density at radius 3 is 1.85 bits per heavy atom. The molecule has 0 saturated carbocycles. The zero-order valence-electron chi connectivity index (χ0n) is 24.3. The van der Waals surface area contributed by atoms with Gasteiger partial charge in [-0.05, 0) is 48.4 Å². The number of aryl methyl sites for hydroxylation is 1. The minimum Gasteiger partial charge on any atom is -0.406 e. The molecule has 13 heteroatoms. The molecule has 2 aromatic heterocycles. The monoisotopic (exact) mass is 670 g/mol. The van der Waals surface area contributed by atoms with Gasteiger partial charge in [0.15, 0.2) is 0 Å². The van der Waals surface area contributed by atoms with Crippen molar-refractivity contribution in [2.45, 2.75) is 33.1 Å². The molecule has 0 atom stereocenters. The van der Waals surface area contributed by atoms with E-state index in [0.29, 0.717) is 22.5 Å². The zero-order valence-corrected chi connectivity index (χ0v) is 25.9. The van der Waals surface area contributed by atoms with Crippen LogP contribution in [0.3, 0.4) is 0 Å². The number of rotatable bonds is 12. The third-order valence-electron chi connectivity index (χ3n) is 6.66. The maximum atomic E-state index is 13.9. The van der Waals surface area contributed by atoms with E-state index >= 15 is 0 Å². The molecule has 0 bridgehead atoms. The first-order valence-corrected chi connectivity index (χ1v) is 15.7. The van der Waals surface area contributed by atoms with E-state index in [-0.39, 0.29) is 41.9 Å². The standard InChI is InChI=1S/C33H27ClF3N2O6P/c1-22-31(34)32(40)30(26-14-17-28(38-18-26)25-12-15-27(16-13-25)45-33(35,36)37)29(39-22)21-44-46(41,42-19-23-8-4-2-5-9-23)43-20-24-10-6-3-7-11-24/h2-18H,19-21H2,1H3,(H,39,40). The summed E-state index contributed by atoms with van der Waals surface area (Å²) in [5.74, 6) is -0.365. The molecule has 3 aromatic carbocycles. The number of phosphoric ester groups is 1. The third-order valence-corrected chi connectivity index (χ3v) is 8.45. The molecule has 0 aliphatic carbocycles. The Labute approximate surface area is 267 Å². The highest BCUT2D eigenvalue weighted by Crippen LogP contribution is 2.52. The molecule has 0 amide bonds. The van der Waals surface area contributed by atoms with Crippen LogP contribution in [0, 0.1) is 6.92 Å². The van der Waals surface area contributed by atoms with Crippen LogP contribution in [0.2, 0.25) is 5.02 Å². The van der Waals surface area contributed by atoms with Gasteiger partial charge in [-0.3, -0.25) is 23.3 Å². The number of ether oxygens (including phenoxy) is 1. The van der Waals surface area contributed by atoms with Crippen molar-refractivity contribution in [2.75, 3.05) is 0 Å². The largest absolute Gasteiger partial charge is 0.573 e. The molecule has 0 radical (unpaired) electrons. The van der Waals surface area contributed by atoms with Crippen molar-refractivity contribution in [2.24, 2.45) is 0 Å². The van der Waals surface area contributed by atoms with E-state index in [0.717, 1.165) is 11.1 Å². The second-order valence-electron chi connectivity index (χ2n) is 9.99. The molecular weight excluding hydrogens is 644 g/mol. The van der Waals surface area contributed by atoms with Crippen LogP contribution in [0.15, 0.2) is 108 Å². The van der Waals surface area contributed by atoms with Crippen LogP contribution in [-0.4, -0.2) is 16.3 Å². The number of pyridine rings is 2. The number of hydrogen-bond donors (Lipinski definition) is 1. The average molecular weight is 671 g/mol. The van der Waals surface area contributed by atoms with E-state index in [9.17, 15) is 22.5 Å². The molecule has 0 aliphatic rings. The topological polar surface area (TPSA) is 99.7 Å². The summed E-state index contributed by atoms with van der Waals surface area (Å²) in [6.07, 6.45) is -3.38. The minimum atomic E-state index is -4.80. The van der Waals surface area contributed by atoms with Gasteiger partial charge in [0.25, 0.3) is 0 Å². The van der Waals surface area contributed by atoms with Crippen molar-refractivity contribution in [3.8, 4) is 28.1 Å². The number of benzene rings is 3. The minimum absolute atomic E-state index is 0.0492. The van der Waals surface area contributed by atoms with Crippen LogP contribution in [0.5, 0.6) is 5.75 Å². The molecule has 5 aromatic rings. The van der Waals surface area contributed by atoms with Gasteiger partial charge in [-0.15, -0.1) is 13.2 Å². The molecule has 0 saturated heterocycles. The van der Waals surface area contributed by atoms with Crippen LogP contribution in [0.1, 0.15) is 22.5 Å². The fourth-order valence-electron chi connectivity index (χ4n) is 4.43. The highest BCUT2D eigenvalue weighted by molar-refractivity contribution is 7.48. The van der Waals surface area contributed by atoms with Gasteiger partial charge in [-0.1, -0.05) is 78.3 Å². The maximum absolute atomic E-state index is 13.9. The van der Waals surface area contributed by atoms with Gasteiger partial charge in [-0.2, -0.15) is 0 Å². The maximum Gasteiger partial charge on any atom is 0.573 e. The Balaban J connectivity index is 1.39. The summed E-state index contributed by atoms with van der Waals surface area (Å²) in [7, 11) is -4.19. The zero-order chi connectivity index (χ0) is 32.7. The van der Waals surface area contributed by atoms with Crippen molar-refractivity contribution < 1.29 is 36.0 Å². The predicted molar refractivity (Wildman–Crippen MR) is 167 cm³/mol. The normalized spacial score (nSPS) is 11.8. The lowest BCUT2D eigenvalue weighted by atomic mass is 10.0. The number of phosphoric acid groups is 1. The Morgan fingerprint density at radius 2 is 1.33 bits per heavy atom. The first-order chi connectivity index (χ1) is 22.0. The number of alkyl halides is 3. The van der Waals surface area contributed by atoms with Crippen molar-refractivity contribution in [3.63, 3.8) is 0 Å². The molecule has 0 fully saturated rings. The second-order valence-corrected chi connectivity index (χ2v) is 12.0. The lowest BCUT2D eigenvalue weighted by molar-refractivity contribution is -0.274. The summed E-state index contributed by atoms with van der Waals surface area (Å²) < 4.78 is 72.5. The Hall–Kier alpha value is -4.25. The number of aromatic amines is 1. The van der Waals surface area contributed by atoms with Gasteiger partial charge in [-0.25, -0.2) is 4.57 Å². The Morgan fingerprint density at radius 1 is 0.783 bits per heavy atom. The number of nitrogens with one attached hydrogen (secondary N) is 1. The summed E-state index contributed by atoms with van der Waals surface area (Å²) in [5.41, 5.74) is 3.06. The van der Waals surface area contributed by atoms with Crippen LogP contribution in [0.4, 0.5) is 13.2 Å². The number of H-pyrrole nitrogens is 1. The molecule has 5 rings (SSSR count). The first-order valence-electron chi connectivity index (χ1n) is 13.8. The van der Waals surface area contributed by atoms with E-state index in [1.54, 1.807) is 43.3 Å². The van der Waals surface area contributed by atoms with Crippen LogP contribution in [-0.2, 0) is 38.0 Å². The molecule has 0 unspecified atom stereocenters. The molecule has 0 aliphatic heterocycles. The van der Waals surface area contributed by atoms with Gasteiger partial charge in [0.05, 0.1) is 36.8 Å². The van der Waals surface area contributed by atoms with E-state index < -0.39 is 19.6 Å². The lowest BCUT2D eigenvalue weighted by Gasteiger charge is -2.20. The molecule has 0 spiro atoms. The van der Waals surface area contributed by atoms with Crippen LogP contribution < -0.4 is 10.2 Å².